The van der Waals surface area contributed by atoms with E-state index in [1.165, 1.54) is 38.5 Å². The van der Waals surface area contributed by atoms with E-state index in [0.29, 0.717) is 12.1 Å². The quantitative estimate of drug-likeness (QED) is 0.686. The van der Waals surface area contributed by atoms with Crippen LogP contribution in [0, 0.1) is 5.92 Å². The van der Waals surface area contributed by atoms with E-state index in [2.05, 4.69) is 26.1 Å². The summed E-state index contributed by atoms with van der Waals surface area (Å²) in [6, 6.07) is 0.656. The van der Waals surface area contributed by atoms with Gasteiger partial charge in [-0.2, -0.15) is 0 Å². The summed E-state index contributed by atoms with van der Waals surface area (Å²) in [4.78, 5) is 0. The molecule has 1 saturated heterocycles. The Hall–Kier alpha value is -0.0800. The van der Waals surface area contributed by atoms with Gasteiger partial charge in [0.1, 0.15) is 0 Å². The van der Waals surface area contributed by atoms with Crippen LogP contribution in [0.4, 0.5) is 0 Å². The molecule has 0 amide bonds. The van der Waals surface area contributed by atoms with Gasteiger partial charge in [0.05, 0.1) is 6.10 Å². The van der Waals surface area contributed by atoms with E-state index in [0.717, 1.165) is 19.1 Å². The summed E-state index contributed by atoms with van der Waals surface area (Å²) >= 11 is 0. The topological polar surface area (TPSA) is 21.3 Å². The lowest BCUT2D eigenvalue weighted by Crippen LogP contribution is -2.38. The molecule has 3 unspecified atom stereocenters. The predicted molar refractivity (Wildman–Crippen MR) is 69.7 cm³/mol. The summed E-state index contributed by atoms with van der Waals surface area (Å²) in [7, 11) is 0. The highest BCUT2D eigenvalue weighted by Crippen LogP contribution is 2.22. The van der Waals surface area contributed by atoms with Crippen molar-refractivity contribution >= 4 is 0 Å². The predicted octanol–water partition coefficient (Wildman–Crippen LogP) is 3.36. The summed E-state index contributed by atoms with van der Waals surface area (Å²) < 4.78 is 5.75. The Bertz CT molecular complexity index is 166. The molecule has 2 heteroatoms. The van der Waals surface area contributed by atoms with Crippen molar-refractivity contribution in [3.05, 3.63) is 0 Å². The van der Waals surface area contributed by atoms with Crippen LogP contribution in [0.5, 0.6) is 0 Å². The Balaban J connectivity index is 2.34. The molecule has 0 aromatic rings. The van der Waals surface area contributed by atoms with Gasteiger partial charge in [-0.1, -0.05) is 27.2 Å². The Morgan fingerprint density at radius 2 is 2.12 bits per heavy atom. The molecule has 3 atom stereocenters. The van der Waals surface area contributed by atoms with Gasteiger partial charge in [0.15, 0.2) is 0 Å². The van der Waals surface area contributed by atoms with Gasteiger partial charge >= 0.3 is 0 Å². The summed E-state index contributed by atoms with van der Waals surface area (Å²) in [6.07, 6.45) is 8.09. The lowest BCUT2D eigenvalue weighted by molar-refractivity contribution is 0.0872. The van der Waals surface area contributed by atoms with Crippen molar-refractivity contribution in [1.29, 1.82) is 0 Å². The lowest BCUT2D eigenvalue weighted by Gasteiger charge is -2.27. The first kappa shape index (κ1) is 14.0. The van der Waals surface area contributed by atoms with Crippen molar-refractivity contribution < 1.29 is 4.74 Å². The van der Waals surface area contributed by atoms with Gasteiger partial charge in [-0.15, -0.1) is 0 Å². The van der Waals surface area contributed by atoms with Crippen molar-refractivity contribution in [1.82, 2.24) is 5.32 Å². The number of hydrogen-bond acceptors (Lipinski definition) is 2. The average molecular weight is 227 g/mol. The standard InChI is InChI=1S/C14H29NO/c1-4-7-12(3)14(15-9-5-2)11-13-8-6-10-16-13/h12-15H,4-11H2,1-3H3. The molecule has 1 N–H and O–H groups in total. The maximum absolute atomic E-state index is 5.75. The van der Waals surface area contributed by atoms with Crippen LogP contribution >= 0.6 is 0 Å². The van der Waals surface area contributed by atoms with E-state index >= 15 is 0 Å². The average Bonchev–Trinajstić information content (AvgIpc) is 2.77. The van der Waals surface area contributed by atoms with Gasteiger partial charge in [-0.25, -0.2) is 0 Å². The molecule has 0 radical (unpaired) electrons. The molecule has 0 aromatic heterocycles. The van der Waals surface area contributed by atoms with E-state index in [9.17, 15) is 0 Å². The number of ether oxygens (including phenoxy) is 1. The second-order valence-electron chi connectivity index (χ2n) is 5.20. The molecular formula is C14H29NO. The number of nitrogens with one attached hydrogen (secondary N) is 1. The van der Waals surface area contributed by atoms with Crippen molar-refractivity contribution in [2.45, 2.75) is 71.4 Å². The minimum Gasteiger partial charge on any atom is -0.378 e. The molecule has 2 nitrogen and oxygen atoms in total. The zero-order chi connectivity index (χ0) is 11.8. The third-order valence-electron chi connectivity index (χ3n) is 3.63. The first-order valence-electron chi connectivity index (χ1n) is 7.12. The largest absolute Gasteiger partial charge is 0.378 e. The van der Waals surface area contributed by atoms with E-state index in [1.807, 2.05) is 0 Å². The fraction of sp³-hybridized carbons (Fsp3) is 1.00. The monoisotopic (exact) mass is 227 g/mol. The minimum atomic E-state index is 0.522. The third kappa shape index (κ3) is 4.84. The first-order valence-corrected chi connectivity index (χ1v) is 7.12. The molecule has 1 heterocycles. The van der Waals surface area contributed by atoms with Crippen molar-refractivity contribution in [2.75, 3.05) is 13.2 Å². The van der Waals surface area contributed by atoms with Crippen LogP contribution in [0.1, 0.15) is 59.3 Å². The van der Waals surface area contributed by atoms with Gasteiger partial charge in [0.25, 0.3) is 0 Å². The highest BCUT2D eigenvalue weighted by molar-refractivity contribution is 4.79. The molecule has 1 aliphatic rings. The van der Waals surface area contributed by atoms with Crippen LogP contribution in [-0.4, -0.2) is 25.3 Å². The normalized spacial score (nSPS) is 24.6. The van der Waals surface area contributed by atoms with E-state index in [-0.39, 0.29) is 0 Å². The Kier molecular flexibility index (Phi) is 7.06. The minimum absolute atomic E-state index is 0.522. The fourth-order valence-corrected chi connectivity index (χ4v) is 2.62. The highest BCUT2D eigenvalue weighted by atomic mass is 16.5. The van der Waals surface area contributed by atoms with Crippen molar-refractivity contribution in [2.24, 2.45) is 5.92 Å². The Labute approximate surface area is 101 Å². The van der Waals surface area contributed by atoms with Crippen LogP contribution in [0.2, 0.25) is 0 Å². The molecule has 0 saturated carbocycles. The second kappa shape index (κ2) is 8.08. The molecule has 0 aromatic carbocycles. The first-order chi connectivity index (χ1) is 7.77. The van der Waals surface area contributed by atoms with Crippen LogP contribution in [0.25, 0.3) is 0 Å². The van der Waals surface area contributed by atoms with Crippen LogP contribution < -0.4 is 5.32 Å². The summed E-state index contributed by atoms with van der Waals surface area (Å²) in [5.74, 6) is 0.778. The van der Waals surface area contributed by atoms with Crippen LogP contribution in [0.3, 0.4) is 0 Å². The van der Waals surface area contributed by atoms with E-state index in [1.54, 1.807) is 0 Å². The van der Waals surface area contributed by atoms with E-state index in [4.69, 9.17) is 4.74 Å². The zero-order valence-corrected chi connectivity index (χ0v) is 11.3. The van der Waals surface area contributed by atoms with Gasteiger partial charge in [0.2, 0.25) is 0 Å². The van der Waals surface area contributed by atoms with Gasteiger partial charge in [-0.05, 0) is 44.6 Å². The number of rotatable bonds is 8. The SMILES string of the molecule is CCCNC(CC1CCCO1)C(C)CCC. The second-order valence-corrected chi connectivity index (χ2v) is 5.20. The van der Waals surface area contributed by atoms with Crippen molar-refractivity contribution in [3.63, 3.8) is 0 Å². The molecule has 0 aliphatic carbocycles. The Morgan fingerprint density at radius 3 is 2.69 bits per heavy atom. The van der Waals surface area contributed by atoms with Crippen LogP contribution in [0.15, 0.2) is 0 Å². The Morgan fingerprint density at radius 1 is 1.31 bits per heavy atom. The molecule has 1 rings (SSSR count). The smallest absolute Gasteiger partial charge is 0.0590 e. The van der Waals surface area contributed by atoms with Gasteiger partial charge in [-0.3, -0.25) is 0 Å². The van der Waals surface area contributed by atoms with Gasteiger partial charge in [0, 0.05) is 12.6 Å². The molecule has 1 fully saturated rings. The third-order valence-corrected chi connectivity index (χ3v) is 3.63. The molecule has 0 bridgehead atoms. The number of hydrogen-bond donors (Lipinski definition) is 1. The van der Waals surface area contributed by atoms with Crippen LogP contribution in [-0.2, 0) is 4.74 Å². The molecule has 16 heavy (non-hydrogen) atoms. The lowest BCUT2D eigenvalue weighted by atomic mass is 9.91. The summed E-state index contributed by atoms with van der Waals surface area (Å²) in [5.41, 5.74) is 0. The fourth-order valence-electron chi connectivity index (χ4n) is 2.62. The van der Waals surface area contributed by atoms with Crippen molar-refractivity contribution in [3.8, 4) is 0 Å². The maximum Gasteiger partial charge on any atom is 0.0590 e. The molecule has 1 aliphatic heterocycles. The molecule has 0 spiro atoms. The highest BCUT2D eigenvalue weighted by Gasteiger charge is 2.23. The van der Waals surface area contributed by atoms with Gasteiger partial charge < -0.3 is 10.1 Å². The zero-order valence-electron chi connectivity index (χ0n) is 11.3. The summed E-state index contributed by atoms with van der Waals surface area (Å²) in [6.45, 7) is 9.02. The maximum atomic E-state index is 5.75. The van der Waals surface area contributed by atoms with E-state index < -0.39 is 0 Å². The molecule has 96 valence electrons. The molecular weight excluding hydrogens is 198 g/mol. The summed E-state index contributed by atoms with van der Waals surface area (Å²) in [5, 5.41) is 3.70.